The highest BCUT2D eigenvalue weighted by atomic mass is 16.4. The highest BCUT2D eigenvalue weighted by Crippen LogP contribution is 2.48. The third-order valence-corrected chi connectivity index (χ3v) is 5.21. The molecule has 2 aliphatic rings. The van der Waals surface area contributed by atoms with Gasteiger partial charge in [0.05, 0.1) is 11.8 Å². The van der Waals surface area contributed by atoms with Gasteiger partial charge >= 0.3 is 5.97 Å². The number of aliphatic carboxylic acids is 1. The molecule has 2 amide bonds. The Balaban J connectivity index is 1.74. The number of carboxylic acids is 1. The van der Waals surface area contributed by atoms with Gasteiger partial charge in [-0.1, -0.05) is 12.2 Å². The fourth-order valence-corrected chi connectivity index (χ4v) is 4.08. The van der Waals surface area contributed by atoms with Gasteiger partial charge in [0.2, 0.25) is 5.91 Å². The van der Waals surface area contributed by atoms with Crippen molar-refractivity contribution in [1.82, 2.24) is 5.32 Å². The summed E-state index contributed by atoms with van der Waals surface area (Å²) in [5.41, 5.74) is 1.89. The SMILES string of the molecule is Cc1cc(NC(=O)C2C3C=CC(C3)C2C(=O)O)ccc1C(=O)NC(C)C. The van der Waals surface area contributed by atoms with Crippen LogP contribution in [-0.2, 0) is 9.59 Å². The molecular weight excluding hydrogens is 332 g/mol. The van der Waals surface area contributed by atoms with Crippen LogP contribution in [0.1, 0.15) is 36.2 Å². The van der Waals surface area contributed by atoms with Crippen LogP contribution < -0.4 is 10.6 Å². The Bertz CT molecular complexity index is 784. The molecule has 0 radical (unpaired) electrons. The number of fused-ring (bicyclic) bond motifs is 2. The summed E-state index contributed by atoms with van der Waals surface area (Å²) in [4.78, 5) is 36.4. The Morgan fingerprint density at radius 3 is 2.35 bits per heavy atom. The molecule has 3 rings (SSSR count). The molecule has 2 aliphatic carbocycles. The molecule has 1 aromatic carbocycles. The van der Waals surface area contributed by atoms with Gasteiger partial charge in [-0.3, -0.25) is 14.4 Å². The summed E-state index contributed by atoms with van der Waals surface area (Å²) in [5.74, 6) is -2.63. The zero-order valence-electron chi connectivity index (χ0n) is 15.2. The maximum absolute atomic E-state index is 12.7. The normalized spacial score (nSPS) is 26.2. The summed E-state index contributed by atoms with van der Waals surface area (Å²) in [6.45, 7) is 5.60. The molecule has 138 valence electrons. The second kappa shape index (κ2) is 6.94. The predicted octanol–water partition coefficient (Wildman–Crippen LogP) is 2.59. The van der Waals surface area contributed by atoms with Gasteiger partial charge in [0.15, 0.2) is 0 Å². The lowest BCUT2D eigenvalue weighted by molar-refractivity contribution is -0.146. The molecular formula is C20H24N2O4. The van der Waals surface area contributed by atoms with Crippen LogP contribution in [0.5, 0.6) is 0 Å². The smallest absolute Gasteiger partial charge is 0.307 e. The Labute approximate surface area is 152 Å². The number of hydrogen-bond acceptors (Lipinski definition) is 3. The summed E-state index contributed by atoms with van der Waals surface area (Å²) in [7, 11) is 0. The van der Waals surface area contributed by atoms with E-state index in [0.717, 1.165) is 12.0 Å². The quantitative estimate of drug-likeness (QED) is 0.707. The minimum absolute atomic E-state index is 0.0155. The largest absolute Gasteiger partial charge is 0.481 e. The van der Waals surface area contributed by atoms with E-state index in [1.165, 1.54) is 0 Å². The number of anilines is 1. The van der Waals surface area contributed by atoms with Crippen molar-refractivity contribution in [2.75, 3.05) is 5.32 Å². The van der Waals surface area contributed by atoms with Crippen LogP contribution in [0.2, 0.25) is 0 Å². The second-order valence-corrected chi connectivity index (χ2v) is 7.49. The highest BCUT2D eigenvalue weighted by molar-refractivity contribution is 5.99. The molecule has 0 aromatic heterocycles. The second-order valence-electron chi connectivity index (χ2n) is 7.49. The molecule has 6 heteroatoms. The Hall–Kier alpha value is -2.63. The average Bonchev–Trinajstić information content (AvgIpc) is 3.14. The molecule has 4 atom stereocenters. The summed E-state index contributed by atoms with van der Waals surface area (Å²) in [5, 5.41) is 15.2. The van der Waals surface area contributed by atoms with Crippen molar-refractivity contribution < 1.29 is 19.5 Å². The number of benzene rings is 1. The van der Waals surface area contributed by atoms with E-state index in [2.05, 4.69) is 10.6 Å². The molecule has 0 aliphatic heterocycles. The van der Waals surface area contributed by atoms with Crippen molar-refractivity contribution >= 4 is 23.5 Å². The third kappa shape index (κ3) is 3.36. The van der Waals surface area contributed by atoms with Crippen LogP contribution in [-0.4, -0.2) is 28.9 Å². The fraction of sp³-hybridized carbons (Fsp3) is 0.450. The average molecular weight is 356 g/mol. The lowest BCUT2D eigenvalue weighted by Crippen LogP contribution is -2.36. The molecule has 1 fully saturated rings. The van der Waals surface area contributed by atoms with Gasteiger partial charge in [0.1, 0.15) is 0 Å². The van der Waals surface area contributed by atoms with Crippen molar-refractivity contribution in [3.63, 3.8) is 0 Å². The lowest BCUT2D eigenvalue weighted by Gasteiger charge is -2.24. The number of carbonyl (C=O) groups is 3. The first-order valence-corrected chi connectivity index (χ1v) is 8.91. The van der Waals surface area contributed by atoms with Gasteiger partial charge in [0, 0.05) is 17.3 Å². The van der Waals surface area contributed by atoms with Crippen molar-refractivity contribution in [2.45, 2.75) is 33.2 Å². The predicted molar refractivity (Wildman–Crippen MR) is 97.8 cm³/mol. The minimum atomic E-state index is -0.918. The number of nitrogens with one attached hydrogen (secondary N) is 2. The first-order chi connectivity index (χ1) is 12.3. The van der Waals surface area contributed by atoms with Gasteiger partial charge in [0.25, 0.3) is 5.91 Å². The van der Waals surface area contributed by atoms with E-state index in [1.54, 1.807) is 18.2 Å². The first kappa shape index (κ1) is 18.2. The summed E-state index contributed by atoms with van der Waals surface area (Å²) < 4.78 is 0. The molecule has 3 N–H and O–H groups in total. The fourth-order valence-electron chi connectivity index (χ4n) is 4.08. The Morgan fingerprint density at radius 2 is 1.77 bits per heavy atom. The van der Waals surface area contributed by atoms with E-state index < -0.39 is 17.8 Å². The van der Waals surface area contributed by atoms with Crippen molar-refractivity contribution in [3.05, 3.63) is 41.5 Å². The standard InChI is InChI=1S/C20H24N2O4/c1-10(2)21-18(23)15-7-6-14(8-11(15)3)22-19(24)16-12-4-5-13(9-12)17(16)20(25)26/h4-8,10,12-13,16-17H,9H2,1-3H3,(H,21,23)(H,22,24)(H,25,26). The van der Waals surface area contributed by atoms with E-state index >= 15 is 0 Å². The van der Waals surface area contributed by atoms with Crippen LogP contribution in [0.15, 0.2) is 30.4 Å². The maximum Gasteiger partial charge on any atom is 0.307 e. The number of aryl methyl sites for hydroxylation is 1. The van der Waals surface area contributed by atoms with E-state index in [9.17, 15) is 19.5 Å². The van der Waals surface area contributed by atoms with E-state index in [-0.39, 0.29) is 29.7 Å². The number of rotatable bonds is 5. The summed E-state index contributed by atoms with van der Waals surface area (Å²) >= 11 is 0. The molecule has 1 aromatic rings. The highest BCUT2D eigenvalue weighted by Gasteiger charge is 2.51. The third-order valence-electron chi connectivity index (χ3n) is 5.21. The van der Waals surface area contributed by atoms with E-state index in [4.69, 9.17) is 0 Å². The van der Waals surface area contributed by atoms with Crippen LogP contribution in [0.4, 0.5) is 5.69 Å². The zero-order chi connectivity index (χ0) is 19.0. The van der Waals surface area contributed by atoms with E-state index in [1.807, 2.05) is 32.9 Å². The van der Waals surface area contributed by atoms with Crippen molar-refractivity contribution in [1.29, 1.82) is 0 Å². The Kier molecular flexibility index (Phi) is 4.85. The van der Waals surface area contributed by atoms with Gasteiger partial charge in [-0.25, -0.2) is 0 Å². The molecule has 26 heavy (non-hydrogen) atoms. The number of allylic oxidation sites excluding steroid dienone is 2. The van der Waals surface area contributed by atoms with Crippen LogP contribution in [0.25, 0.3) is 0 Å². The van der Waals surface area contributed by atoms with Gasteiger partial charge in [-0.15, -0.1) is 0 Å². The monoisotopic (exact) mass is 356 g/mol. The molecule has 4 unspecified atom stereocenters. The first-order valence-electron chi connectivity index (χ1n) is 8.91. The molecule has 1 saturated carbocycles. The van der Waals surface area contributed by atoms with Crippen molar-refractivity contribution in [3.8, 4) is 0 Å². The zero-order valence-corrected chi connectivity index (χ0v) is 15.2. The number of carboxylic acid groups (broad SMARTS) is 1. The van der Waals surface area contributed by atoms with Gasteiger partial charge in [-0.05, 0) is 62.8 Å². The maximum atomic E-state index is 12.7. The molecule has 0 saturated heterocycles. The van der Waals surface area contributed by atoms with Gasteiger partial charge < -0.3 is 15.7 Å². The number of carbonyl (C=O) groups excluding carboxylic acids is 2. The molecule has 0 heterocycles. The number of amides is 2. The summed E-state index contributed by atoms with van der Waals surface area (Å²) in [6.07, 6.45) is 4.60. The van der Waals surface area contributed by atoms with Crippen LogP contribution in [0.3, 0.4) is 0 Å². The Morgan fingerprint density at radius 1 is 1.12 bits per heavy atom. The van der Waals surface area contributed by atoms with Crippen molar-refractivity contribution in [2.24, 2.45) is 23.7 Å². The van der Waals surface area contributed by atoms with Crippen LogP contribution >= 0.6 is 0 Å². The lowest BCUT2D eigenvalue weighted by atomic mass is 9.82. The number of hydrogen-bond donors (Lipinski definition) is 3. The molecule has 2 bridgehead atoms. The summed E-state index contributed by atoms with van der Waals surface area (Å²) in [6, 6.07) is 5.14. The van der Waals surface area contributed by atoms with E-state index in [0.29, 0.717) is 11.3 Å². The topological polar surface area (TPSA) is 95.5 Å². The molecule has 6 nitrogen and oxygen atoms in total. The minimum Gasteiger partial charge on any atom is -0.481 e. The van der Waals surface area contributed by atoms with Gasteiger partial charge in [-0.2, -0.15) is 0 Å². The van der Waals surface area contributed by atoms with Crippen LogP contribution in [0, 0.1) is 30.6 Å². The molecule has 0 spiro atoms.